The third kappa shape index (κ3) is 4.68. The van der Waals surface area contributed by atoms with E-state index >= 15 is 0 Å². The summed E-state index contributed by atoms with van der Waals surface area (Å²) in [5, 5.41) is 3.12. The second-order valence-electron chi connectivity index (χ2n) is 5.88. The first kappa shape index (κ1) is 18.5. The maximum atomic E-state index is 11.9. The van der Waals surface area contributed by atoms with Gasteiger partial charge in [0.15, 0.2) is 13.2 Å². The first-order chi connectivity index (χ1) is 12.5. The standard InChI is InChI=1S/C19H17Cl2NO4/c20-15-5-2-6-16(21)19(15)22-17(23)10-26-18(24)11-25-14-8-7-12-3-1-4-13(12)9-14/h2,5-9H,1,3-4,10-11H2,(H,22,23). The second-order valence-corrected chi connectivity index (χ2v) is 6.69. The number of hydrogen-bond acceptors (Lipinski definition) is 4. The molecule has 0 spiro atoms. The molecule has 2 aromatic rings. The molecule has 26 heavy (non-hydrogen) atoms. The molecule has 2 aromatic carbocycles. The molecule has 5 nitrogen and oxygen atoms in total. The van der Waals surface area contributed by atoms with Crippen LogP contribution in [0.25, 0.3) is 0 Å². The number of nitrogens with one attached hydrogen (secondary N) is 1. The fourth-order valence-electron chi connectivity index (χ4n) is 2.76. The van der Waals surface area contributed by atoms with Gasteiger partial charge in [0.05, 0.1) is 15.7 Å². The summed E-state index contributed by atoms with van der Waals surface area (Å²) < 4.78 is 10.3. The van der Waals surface area contributed by atoms with Gasteiger partial charge in [-0.2, -0.15) is 0 Å². The summed E-state index contributed by atoms with van der Waals surface area (Å²) in [4.78, 5) is 23.6. The average molecular weight is 394 g/mol. The average Bonchev–Trinajstić information content (AvgIpc) is 3.09. The summed E-state index contributed by atoms with van der Waals surface area (Å²) in [6.07, 6.45) is 3.26. The smallest absolute Gasteiger partial charge is 0.344 e. The number of rotatable bonds is 6. The molecule has 0 saturated carbocycles. The predicted molar refractivity (Wildman–Crippen MR) is 100 cm³/mol. The molecule has 0 aromatic heterocycles. The Labute approximate surface area is 161 Å². The van der Waals surface area contributed by atoms with Gasteiger partial charge in [0.1, 0.15) is 5.75 Å². The van der Waals surface area contributed by atoms with Gasteiger partial charge in [0, 0.05) is 0 Å². The number of para-hydroxylation sites is 1. The highest BCUT2D eigenvalue weighted by atomic mass is 35.5. The van der Waals surface area contributed by atoms with E-state index in [2.05, 4.69) is 5.32 Å². The minimum atomic E-state index is -0.633. The molecule has 1 aliphatic rings. The van der Waals surface area contributed by atoms with Gasteiger partial charge in [-0.15, -0.1) is 0 Å². The van der Waals surface area contributed by atoms with Crippen LogP contribution in [0.3, 0.4) is 0 Å². The Hall–Kier alpha value is -2.24. The highest BCUT2D eigenvalue weighted by Gasteiger charge is 2.14. The number of benzene rings is 2. The summed E-state index contributed by atoms with van der Waals surface area (Å²) in [5.41, 5.74) is 2.87. The van der Waals surface area contributed by atoms with Crippen molar-refractivity contribution in [1.82, 2.24) is 0 Å². The number of amides is 1. The predicted octanol–water partition coefficient (Wildman–Crippen LogP) is 4.04. The van der Waals surface area contributed by atoms with Gasteiger partial charge in [0.2, 0.25) is 0 Å². The van der Waals surface area contributed by atoms with Crippen molar-refractivity contribution in [3.05, 3.63) is 57.6 Å². The van der Waals surface area contributed by atoms with E-state index < -0.39 is 18.5 Å². The van der Waals surface area contributed by atoms with E-state index in [0.717, 1.165) is 19.3 Å². The number of fused-ring (bicyclic) bond motifs is 1. The second kappa shape index (κ2) is 8.43. The number of esters is 1. The van der Waals surface area contributed by atoms with Crippen molar-refractivity contribution in [3.8, 4) is 5.75 Å². The zero-order valence-electron chi connectivity index (χ0n) is 13.9. The highest BCUT2D eigenvalue weighted by Crippen LogP contribution is 2.29. The molecule has 1 aliphatic carbocycles. The molecule has 3 rings (SSSR count). The molecular weight excluding hydrogens is 377 g/mol. The van der Waals surface area contributed by atoms with Crippen molar-refractivity contribution >= 4 is 40.8 Å². The van der Waals surface area contributed by atoms with Crippen LogP contribution in [-0.4, -0.2) is 25.1 Å². The Morgan fingerprint density at radius 1 is 1.00 bits per heavy atom. The van der Waals surface area contributed by atoms with Gasteiger partial charge in [-0.1, -0.05) is 35.3 Å². The Morgan fingerprint density at radius 3 is 2.50 bits per heavy atom. The molecule has 0 aliphatic heterocycles. The van der Waals surface area contributed by atoms with E-state index in [1.54, 1.807) is 18.2 Å². The fraction of sp³-hybridized carbons (Fsp3) is 0.263. The van der Waals surface area contributed by atoms with E-state index in [0.29, 0.717) is 15.8 Å². The van der Waals surface area contributed by atoms with E-state index in [4.69, 9.17) is 32.7 Å². The number of aryl methyl sites for hydroxylation is 2. The number of halogens is 2. The lowest BCUT2D eigenvalue weighted by molar-refractivity contribution is -0.149. The lowest BCUT2D eigenvalue weighted by Crippen LogP contribution is -2.24. The number of hydrogen-bond donors (Lipinski definition) is 1. The molecule has 0 radical (unpaired) electrons. The fourth-order valence-corrected chi connectivity index (χ4v) is 3.25. The molecule has 0 saturated heterocycles. The third-order valence-electron chi connectivity index (χ3n) is 4.02. The maximum absolute atomic E-state index is 11.9. The van der Waals surface area contributed by atoms with Crippen LogP contribution < -0.4 is 10.1 Å². The Balaban J connectivity index is 1.44. The summed E-state index contributed by atoms with van der Waals surface area (Å²) in [6.45, 7) is -0.715. The summed E-state index contributed by atoms with van der Waals surface area (Å²) in [7, 11) is 0. The molecule has 1 amide bonds. The van der Waals surface area contributed by atoms with Crippen molar-refractivity contribution in [2.24, 2.45) is 0 Å². The van der Waals surface area contributed by atoms with E-state index in [1.165, 1.54) is 11.1 Å². The van der Waals surface area contributed by atoms with Crippen LogP contribution in [0.15, 0.2) is 36.4 Å². The van der Waals surface area contributed by atoms with Crippen LogP contribution in [-0.2, 0) is 27.2 Å². The lowest BCUT2D eigenvalue weighted by atomic mass is 10.1. The van der Waals surface area contributed by atoms with Crippen molar-refractivity contribution in [2.45, 2.75) is 19.3 Å². The van der Waals surface area contributed by atoms with E-state index in [1.807, 2.05) is 18.2 Å². The number of ether oxygens (including phenoxy) is 2. The molecule has 0 bridgehead atoms. The van der Waals surface area contributed by atoms with Crippen molar-refractivity contribution in [3.63, 3.8) is 0 Å². The van der Waals surface area contributed by atoms with Crippen LogP contribution in [0.4, 0.5) is 5.69 Å². The number of anilines is 1. The van der Waals surface area contributed by atoms with Crippen LogP contribution in [0.2, 0.25) is 10.0 Å². The lowest BCUT2D eigenvalue weighted by Gasteiger charge is -2.10. The molecule has 0 unspecified atom stereocenters. The third-order valence-corrected chi connectivity index (χ3v) is 4.65. The summed E-state index contributed by atoms with van der Waals surface area (Å²) >= 11 is 11.9. The minimum absolute atomic E-state index is 0.265. The van der Waals surface area contributed by atoms with Gasteiger partial charge >= 0.3 is 5.97 Å². The first-order valence-corrected chi connectivity index (χ1v) is 8.92. The molecule has 0 atom stereocenters. The zero-order chi connectivity index (χ0) is 18.5. The van der Waals surface area contributed by atoms with Gasteiger partial charge in [-0.3, -0.25) is 4.79 Å². The van der Waals surface area contributed by atoms with Crippen molar-refractivity contribution < 1.29 is 19.1 Å². The first-order valence-electron chi connectivity index (χ1n) is 8.17. The molecule has 136 valence electrons. The summed E-state index contributed by atoms with van der Waals surface area (Å²) in [6, 6.07) is 10.7. The SMILES string of the molecule is O=C(COC(=O)COc1ccc2c(c1)CCC2)Nc1c(Cl)cccc1Cl. The minimum Gasteiger partial charge on any atom is -0.482 e. The van der Waals surface area contributed by atoms with Gasteiger partial charge < -0.3 is 14.8 Å². The highest BCUT2D eigenvalue weighted by molar-refractivity contribution is 6.39. The normalized spacial score (nSPS) is 12.4. The topological polar surface area (TPSA) is 64.6 Å². The van der Waals surface area contributed by atoms with Crippen LogP contribution in [0, 0.1) is 0 Å². The van der Waals surface area contributed by atoms with Crippen LogP contribution in [0.1, 0.15) is 17.5 Å². The van der Waals surface area contributed by atoms with Crippen LogP contribution >= 0.6 is 23.2 Å². The van der Waals surface area contributed by atoms with Crippen molar-refractivity contribution in [1.29, 1.82) is 0 Å². The number of carbonyl (C=O) groups excluding carboxylic acids is 2. The molecule has 1 N–H and O–H groups in total. The molecule has 0 fully saturated rings. The molecular formula is C19H17Cl2NO4. The van der Waals surface area contributed by atoms with Gasteiger partial charge in [-0.25, -0.2) is 4.79 Å². The van der Waals surface area contributed by atoms with E-state index in [9.17, 15) is 9.59 Å². The molecule has 7 heteroatoms. The Kier molecular flexibility index (Phi) is 6.01. The van der Waals surface area contributed by atoms with Crippen molar-refractivity contribution in [2.75, 3.05) is 18.5 Å². The Bertz CT molecular complexity index is 818. The van der Waals surface area contributed by atoms with Gasteiger partial charge in [0.25, 0.3) is 5.91 Å². The quantitative estimate of drug-likeness (QED) is 0.751. The van der Waals surface area contributed by atoms with E-state index in [-0.39, 0.29) is 12.3 Å². The summed E-state index contributed by atoms with van der Waals surface area (Å²) in [5.74, 6) is -0.549. The zero-order valence-corrected chi connectivity index (χ0v) is 15.4. The Morgan fingerprint density at radius 2 is 1.73 bits per heavy atom. The van der Waals surface area contributed by atoms with Crippen LogP contribution in [0.5, 0.6) is 5.75 Å². The monoisotopic (exact) mass is 393 g/mol. The van der Waals surface area contributed by atoms with Gasteiger partial charge in [-0.05, 0) is 54.7 Å². The maximum Gasteiger partial charge on any atom is 0.344 e. The largest absolute Gasteiger partial charge is 0.482 e. The molecule has 0 heterocycles. The number of carbonyl (C=O) groups is 2.